The van der Waals surface area contributed by atoms with Crippen molar-refractivity contribution in [1.82, 2.24) is 4.90 Å². The number of carbonyl (C=O) groups excluding carboxylic acids is 1. The Kier molecular flexibility index (Phi) is 12.2. The molecule has 0 radical (unpaired) electrons. The minimum Gasteiger partial charge on any atom is -0.492 e. The van der Waals surface area contributed by atoms with E-state index in [2.05, 4.69) is 12.1 Å². The molecule has 202 valence electrons. The molecule has 7 heteroatoms. The summed E-state index contributed by atoms with van der Waals surface area (Å²) in [5.41, 5.74) is 3.21. The summed E-state index contributed by atoms with van der Waals surface area (Å²) in [5.74, 6) is -0.325. The maximum Gasteiger partial charge on any atom is 0.409 e. The highest BCUT2D eigenvalue weighted by atomic mass is 16.6. The average Bonchev–Trinajstić information content (AvgIpc) is 2.94. The third-order valence-corrected chi connectivity index (χ3v) is 6.07. The van der Waals surface area contributed by atoms with E-state index in [0.29, 0.717) is 45.1 Å². The van der Waals surface area contributed by atoms with E-state index in [-0.39, 0.29) is 12.5 Å². The van der Waals surface area contributed by atoms with Crippen LogP contribution in [0.3, 0.4) is 0 Å². The molecule has 1 N–H and O–H groups in total. The lowest BCUT2D eigenvalue weighted by molar-refractivity contribution is -0.149. The van der Waals surface area contributed by atoms with E-state index in [9.17, 15) is 14.7 Å². The van der Waals surface area contributed by atoms with Gasteiger partial charge in [-0.05, 0) is 48.6 Å². The zero-order valence-electron chi connectivity index (χ0n) is 22.0. The van der Waals surface area contributed by atoms with Crippen LogP contribution in [0.15, 0.2) is 84.9 Å². The lowest BCUT2D eigenvalue weighted by Gasteiger charge is -2.22. The highest BCUT2D eigenvalue weighted by Gasteiger charge is 2.18. The third-order valence-electron chi connectivity index (χ3n) is 6.07. The first-order chi connectivity index (χ1) is 18.5. The topological polar surface area (TPSA) is 85.3 Å². The average molecular weight is 520 g/mol. The molecule has 0 fully saturated rings. The van der Waals surface area contributed by atoms with Gasteiger partial charge >= 0.3 is 12.1 Å². The number of carboxylic acids is 1. The van der Waals surface area contributed by atoms with Crippen molar-refractivity contribution < 1.29 is 28.9 Å². The van der Waals surface area contributed by atoms with Crippen molar-refractivity contribution in [2.45, 2.75) is 38.7 Å². The molecular weight excluding hydrogens is 482 g/mol. The van der Waals surface area contributed by atoms with Gasteiger partial charge in [0.05, 0.1) is 13.2 Å². The van der Waals surface area contributed by atoms with Crippen LogP contribution in [0.5, 0.6) is 5.75 Å². The second-order valence-electron chi connectivity index (χ2n) is 8.90. The van der Waals surface area contributed by atoms with Crippen molar-refractivity contribution in [3.8, 4) is 5.75 Å². The van der Waals surface area contributed by atoms with Gasteiger partial charge in [-0.1, -0.05) is 72.8 Å². The Morgan fingerprint density at radius 2 is 1.42 bits per heavy atom. The Bertz CT molecular complexity index is 1090. The van der Waals surface area contributed by atoms with Crippen LogP contribution in [0.1, 0.15) is 30.0 Å². The van der Waals surface area contributed by atoms with Crippen LogP contribution in [-0.4, -0.2) is 61.1 Å². The summed E-state index contributed by atoms with van der Waals surface area (Å²) in [6.07, 6.45) is 1.42. The van der Waals surface area contributed by atoms with Crippen LogP contribution < -0.4 is 4.74 Å². The molecule has 3 aromatic rings. The van der Waals surface area contributed by atoms with Crippen LogP contribution in [0.4, 0.5) is 4.79 Å². The smallest absolute Gasteiger partial charge is 0.409 e. The van der Waals surface area contributed by atoms with Gasteiger partial charge in [0.2, 0.25) is 0 Å². The summed E-state index contributed by atoms with van der Waals surface area (Å²) in [5, 5.41) is 9.28. The Hall–Kier alpha value is -3.84. The van der Waals surface area contributed by atoms with Crippen LogP contribution in [-0.2, 0) is 33.5 Å². The molecule has 1 unspecified atom stereocenters. The van der Waals surface area contributed by atoms with E-state index in [0.717, 1.165) is 24.0 Å². The highest BCUT2D eigenvalue weighted by molar-refractivity contribution is 5.72. The minimum atomic E-state index is -0.977. The number of ether oxygens (including phenoxy) is 3. The number of rotatable bonds is 16. The highest BCUT2D eigenvalue weighted by Crippen LogP contribution is 2.15. The zero-order chi connectivity index (χ0) is 27.0. The minimum absolute atomic E-state index is 0.285. The largest absolute Gasteiger partial charge is 0.492 e. The lowest BCUT2D eigenvalue weighted by Crippen LogP contribution is -2.36. The van der Waals surface area contributed by atoms with E-state index in [1.165, 1.54) is 5.56 Å². The molecule has 0 aliphatic heterocycles. The molecule has 0 aromatic heterocycles. The molecule has 0 saturated carbocycles. The van der Waals surface area contributed by atoms with Crippen molar-refractivity contribution in [3.05, 3.63) is 102 Å². The maximum absolute atomic E-state index is 12.9. The normalized spacial score (nSPS) is 11.5. The van der Waals surface area contributed by atoms with Crippen LogP contribution in [0.25, 0.3) is 0 Å². The van der Waals surface area contributed by atoms with Gasteiger partial charge < -0.3 is 24.2 Å². The van der Waals surface area contributed by atoms with Gasteiger partial charge in [0, 0.05) is 26.0 Å². The lowest BCUT2D eigenvalue weighted by atomic mass is 10.1. The Morgan fingerprint density at radius 3 is 2.03 bits per heavy atom. The fourth-order valence-corrected chi connectivity index (χ4v) is 4.03. The van der Waals surface area contributed by atoms with Crippen molar-refractivity contribution in [3.63, 3.8) is 0 Å². The Labute approximate surface area is 225 Å². The molecule has 0 saturated heterocycles. The number of carboxylic acid groups (broad SMARTS) is 1. The first-order valence-corrected chi connectivity index (χ1v) is 13.1. The second kappa shape index (κ2) is 16.1. The summed E-state index contributed by atoms with van der Waals surface area (Å²) in [6, 6.07) is 27.4. The molecular formula is C31H37NO6. The number of nitrogens with zero attached hydrogens (tertiary/aromatic N) is 1. The van der Waals surface area contributed by atoms with Gasteiger partial charge in [-0.25, -0.2) is 9.59 Å². The maximum atomic E-state index is 12.9. The molecule has 0 spiro atoms. The van der Waals surface area contributed by atoms with E-state index in [1.54, 1.807) is 24.0 Å². The summed E-state index contributed by atoms with van der Waals surface area (Å²) >= 11 is 0. The van der Waals surface area contributed by atoms with Gasteiger partial charge in [-0.2, -0.15) is 0 Å². The van der Waals surface area contributed by atoms with Crippen molar-refractivity contribution in [2.24, 2.45) is 0 Å². The fraction of sp³-hybridized carbons (Fsp3) is 0.355. The predicted molar refractivity (Wildman–Crippen MR) is 147 cm³/mol. The first kappa shape index (κ1) is 28.7. The SMILES string of the molecule is CCOC(Cc1ccc(OCCN(CCCc2ccccc2)C(=O)OCCc2ccccc2)cc1)C(=O)O. The summed E-state index contributed by atoms with van der Waals surface area (Å²) in [6.45, 7) is 3.71. The first-order valence-electron chi connectivity index (χ1n) is 13.1. The molecule has 7 nitrogen and oxygen atoms in total. The van der Waals surface area contributed by atoms with Gasteiger partial charge in [-0.3, -0.25) is 0 Å². The molecule has 38 heavy (non-hydrogen) atoms. The number of hydrogen-bond acceptors (Lipinski definition) is 5. The Balaban J connectivity index is 1.50. The fourth-order valence-electron chi connectivity index (χ4n) is 4.03. The molecule has 0 aliphatic rings. The Morgan fingerprint density at radius 1 is 0.789 bits per heavy atom. The molecule has 0 aliphatic carbocycles. The molecule has 0 bridgehead atoms. The van der Waals surface area contributed by atoms with Crippen LogP contribution >= 0.6 is 0 Å². The van der Waals surface area contributed by atoms with Crippen molar-refractivity contribution in [1.29, 1.82) is 0 Å². The number of hydrogen-bond donors (Lipinski definition) is 1. The molecule has 3 rings (SSSR count). The van der Waals surface area contributed by atoms with Gasteiger partial charge in [0.25, 0.3) is 0 Å². The van der Waals surface area contributed by atoms with E-state index < -0.39 is 12.1 Å². The summed E-state index contributed by atoms with van der Waals surface area (Å²) in [4.78, 5) is 25.9. The van der Waals surface area contributed by atoms with Gasteiger partial charge in [0.1, 0.15) is 12.4 Å². The third kappa shape index (κ3) is 10.3. The zero-order valence-corrected chi connectivity index (χ0v) is 22.0. The molecule has 3 aromatic carbocycles. The summed E-state index contributed by atoms with van der Waals surface area (Å²) in [7, 11) is 0. The van der Waals surface area contributed by atoms with Gasteiger partial charge in [-0.15, -0.1) is 0 Å². The standard InChI is InChI=1S/C31H37NO6/c1-2-36-29(30(33)34)24-27-15-17-28(18-16-27)37-23-21-32(20-9-14-25-10-5-3-6-11-25)31(35)38-22-19-26-12-7-4-8-13-26/h3-8,10-13,15-18,29H,2,9,14,19-24H2,1H3,(H,33,34). The van der Waals surface area contributed by atoms with Gasteiger partial charge in [0.15, 0.2) is 6.10 Å². The molecule has 1 amide bonds. The van der Waals surface area contributed by atoms with E-state index in [1.807, 2.05) is 60.7 Å². The van der Waals surface area contributed by atoms with E-state index >= 15 is 0 Å². The monoisotopic (exact) mass is 519 g/mol. The van der Waals surface area contributed by atoms with Crippen LogP contribution in [0.2, 0.25) is 0 Å². The van der Waals surface area contributed by atoms with E-state index in [4.69, 9.17) is 14.2 Å². The van der Waals surface area contributed by atoms with Crippen molar-refractivity contribution in [2.75, 3.05) is 32.9 Å². The number of amides is 1. The molecule has 0 heterocycles. The predicted octanol–water partition coefficient (Wildman–Crippen LogP) is 5.41. The van der Waals surface area contributed by atoms with Crippen LogP contribution in [0, 0.1) is 0 Å². The number of aliphatic carboxylic acids is 1. The quantitative estimate of drug-likeness (QED) is 0.272. The summed E-state index contributed by atoms with van der Waals surface area (Å²) < 4.78 is 16.7. The number of benzene rings is 3. The second-order valence-corrected chi connectivity index (χ2v) is 8.90. The molecule has 1 atom stereocenters. The number of aryl methyl sites for hydroxylation is 1. The van der Waals surface area contributed by atoms with Crippen molar-refractivity contribution >= 4 is 12.1 Å². The number of carbonyl (C=O) groups is 2.